The summed E-state index contributed by atoms with van der Waals surface area (Å²) in [7, 11) is -3.58. The van der Waals surface area contributed by atoms with Crippen LogP contribution < -0.4 is 10.0 Å². The number of amides is 1. The van der Waals surface area contributed by atoms with Crippen LogP contribution in [0.4, 0.5) is 0 Å². The monoisotopic (exact) mass is 447 g/mol. The second-order valence-corrected chi connectivity index (χ2v) is 9.29. The molecule has 0 saturated heterocycles. The summed E-state index contributed by atoms with van der Waals surface area (Å²) in [6.07, 6.45) is 1.80. The summed E-state index contributed by atoms with van der Waals surface area (Å²) in [5, 5.41) is 3.12. The van der Waals surface area contributed by atoms with E-state index in [2.05, 4.69) is 27.2 Å². The van der Waals surface area contributed by atoms with Crippen LogP contribution in [0, 0.1) is 0 Å². The summed E-state index contributed by atoms with van der Waals surface area (Å²) < 4.78 is 26.8. The molecule has 1 aliphatic heterocycles. The lowest BCUT2D eigenvalue weighted by molar-refractivity contribution is -0.121. The zero-order valence-electron chi connectivity index (χ0n) is 17.6. The van der Waals surface area contributed by atoms with E-state index in [1.165, 1.54) is 5.56 Å². The number of fused-ring (bicyclic) bond motifs is 1. The van der Waals surface area contributed by atoms with E-state index in [1.807, 2.05) is 48.5 Å². The normalized spacial score (nSPS) is 16.2. The summed E-state index contributed by atoms with van der Waals surface area (Å²) in [5.41, 5.74) is 2.82. The quantitative estimate of drug-likeness (QED) is 0.553. The number of aliphatic imine (C=N–C) groups is 1. The first-order valence-corrected chi connectivity index (χ1v) is 12.1. The van der Waals surface area contributed by atoms with Crippen molar-refractivity contribution >= 4 is 21.8 Å². The molecule has 164 valence electrons. The summed E-state index contributed by atoms with van der Waals surface area (Å²) in [6, 6.07) is 26.7. The second kappa shape index (κ2) is 9.78. The van der Waals surface area contributed by atoms with E-state index in [4.69, 9.17) is 0 Å². The molecule has 1 atom stereocenters. The molecule has 2 N–H and O–H groups in total. The Morgan fingerprint density at radius 3 is 2.31 bits per heavy atom. The number of carbonyl (C=O) groups is 1. The third kappa shape index (κ3) is 5.23. The predicted octanol–water partition coefficient (Wildman–Crippen LogP) is 3.61. The van der Waals surface area contributed by atoms with Crippen molar-refractivity contribution in [2.24, 2.45) is 4.99 Å². The van der Waals surface area contributed by atoms with Gasteiger partial charge in [0.2, 0.25) is 5.91 Å². The van der Waals surface area contributed by atoms with Crippen molar-refractivity contribution < 1.29 is 13.2 Å². The van der Waals surface area contributed by atoms with Crippen LogP contribution >= 0.6 is 0 Å². The fourth-order valence-corrected chi connectivity index (χ4v) is 5.00. The van der Waals surface area contributed by atoms with E-state index in [1.54, 1.807) is 24.3 Å². The van der Waals surface area contributed by atoms with Gasteiger partial charge in [-0.1, -0.05) is 72.8 Å². The Hall–Kier alpha value is -3.45. The van der Waals surface area contributed by atoms with Crippen LogP contribution in [0.3, 0.4) is 0 Å². The van der Waals surface area contributed by atoms with Gasteiger partial charge in [0.25, 0.3) is 10.0 Å². The van der Waals surface area contributed by atoms with E-state index in [0.29, 0.717) is 5.56 Å². The van der Waals surface area contributed by atoms with Crippen LogP contribution in [0.15, 0.2) is 94.8 Å². The highest BCUT2D eigenvalue weighted by Crippen LogP contribution is 2.22. The molecule has 32 heavy (non-hydrogen) atoms. The highest BCUT2D eigenvalue weighted by atomic mass is 32.2. The maximum absolute atomic E-state index is 12.7. The van der Waals surface area contributed by atoms with Gasteiger partial charge in [-0.15, -0.1) is 0 Å². The lowest BCUT2D eigenvalue weighted by Gasteiger charge is -2.19. The summed E-state index contributed by atoms with van der Waals surface area (Å²) in [5.74, 6) is 0.169. The van der Waals surface area contributed by atoms with Crippen LogP contribution in [-0.4, -0.2) is 26.7 Å². The average molecular weight is 448 g/mol. The largest absolute Gasteiger partial charge is 0.349 e. The Morgan fingerprint density at radius 1 is 0.906 bits per heavy atom. The van der Waals surface area contributed by atoms with Gasteiger partial charge in [0.1, 0.15) is 5.84 Å². The number of benzene rings is 3. The van der Waals surface area contributed by atoms with Crippen LogP contribution in [0.2, 0.25) is 0 Å². The van der Waals surface area contributed by atoms with E-state index in [-0.39, 0.29) is 35.6 Å². The first kappa shape index (κ1) is 21.8. The minimum atomic E-state index is -3.58. The molecule has 0 fully saturated rings. The predicted molar refractivity (Wildman–Crippen MR) is 125 cm³/mol. The van der Waals surface area contributed by atoms with Crippen LogP contribution in [-0.2, 0) is 21.2 Å². The van der Waals surface area contributed by atoms with E-state index in [0.717, 1.165) is 18.4 Å². The number of nitrogens with one attached hydrogen (secondary N) is 2. The number of nitrogens with zero attached hydrogens (tertiary/aromatic N) is 1. The first-order valence-electron chi connectivity index (χ1n) is 10.6. The maximum Gasteiger partial charge on any atom is 0.263 e. The van der Waals surface area contributed by atoms with Crippen molar-refractivity contribution in [2.45, 2.75) is 30.2 Å². The standard InChI is InChI=1S/C25H25N3O3S/c29-24(17-18-26-25-21-13-7-8-14-23(21)32(30,31)28-25)27-22(20-11-5-2-6-12-20)16-15-19-9-3-1-4-10-19/h1-14,22H,15-18H2,(H,26,28)(H,27,29). The molecule has 3 aromatic rings. The number of sulfonamides is 1. The molecule has 0 aromatic heterocycles. The van der Waals surface area contributed by atoms with Gasteiger partial charge in [-0.25, -0.2) is 8.42 Å². The third-order valence-corrected chi connectivity index (χ3v) is 6.77. The van der Waals surface area contributed by atoms with E-state index < -0.39 is 10.0 Å². The van der Waals surface area contributed by atoms with Crippen molar-refractivity contribution in [2.75, 3.05) is 6.54 Å². The fourth-order valence-electron chi connectivity index (χ4n) is 3.75. The third-order valence-electron chi connectivity index (χ3n) is 5.37. The van der Waals surface area contributed by atoms with Gasteiger partial charge in [-0.05, 0) is 36.1 Å². The molecule has 7 heteroatoms. The van der Waals surface area contributed by atoms with Gasteiger partial charge in [0.15, 0.2) is 0 Å². The molecule has 1 amide bonds. The van der Waals surface area contributed by atoms with Crippen molar-refractivity contribution in [1.29, 1.82) is 0 Å². The Labute approximate surface area is 188 Å². The molecule has 1 heterocycles. The topological polar surface area (TPSA) is 87.6 Å². The molecule has 0 bridgehead atoms. The zero-order chi connectivity index (χ0) is 22.4. The van der Waals surface area contributed by atoms with Gasteiger partial charge in [-0.2, -0.15) is 0 Å². The van der Waals surface area contributed by atoms with Gasteiger partial charge in [0, 0.05) is 12.0 Å². The SMILES string of the molecule is O=C(CCN=C1NS(=O)(=O)c2ccccc21)NC(CCc1ccccc1)c1ccccc1. The Bertz CT molecular complexity index is 1210. The molecule has 0 spiro atoms. The molecule has 0 aliphatic carbocycles. The number of aryl methyl sites for hydroxylation is 1. The molecule has 0 saturated carbocycles. The number of rotatable bonds is 8. The number of carbonyl (C=O) groups excluding carboxylic acids is 1. The molecule has 6 nitrogen and oxygen atoms in total. The van der Waals surface area contributed by atoms with Crippen LogP contribution in [0.5, 0.6) is 0 Å². The Morgan fingerprint density at radius 2 is 1.56 bits per heavy atom. The van der Waals surface area contributed by atoms with Crippen molar-refractivity contribution in [3.05, 3.63) is 102 Å². The number of hydrogen-bond acceptors (Lipinski definition) is 4. The number of amidine groups is 1. The van der Waals surface area contributed by atoms with Crippen LogP contribution in [0.25, 0.3) is 0 Å². The zero-order valence-corrected chi connectivity index (χ0v) is 18.4. The summed E-state index contributed by atoms with van der Waals surface area (Å²) in [4.78, 5) is 17.2. The maximum atomic E-state index is 12.7. The lowest BCUT2D eigenvalue weighted by atomic mass is 9.99. The lowest BCUT2D eigenvalue weighted by Crippen LogP contribution is -2.29. The second-order valence-electron chi connectivity index (χ2n) is 7.64. The number of hydrogen-bond donors (Lipinski definition) is 2. The molecule has 1 aliphatic rings. The van der Waals surface area contributed by atoms with E-state index >= 15 is 0 Å². The minimum absolute atomic E-state index is 0.109. The van der Waals surface area contributed by atoms with Crippen LogP contribution in [0.1, 0.15) is 35.6 Å². The molecular formula is C25H25N3O3S. The highest BCUT2D eigenvalue weighted by molar-refractivity contribution is 7.90. The first-order chi connectivity index (χ1) is 15.5. The molecule has 4 rings (SSSR count). The highest BCUT2D eigenvalue weighted by Gasteiger charge is 2.30. The Kier molecular flexibility index (Phi) is 6.66. The van der Waals surface area contributed by atoms with E-state index in [9.17, 15) is 13.2 Å². The summed E-state index contributed by atoms with van der Waals surface area (Å²) in [6.45, 7) is 0.193. The minimum Gasteiger partial charge on any atom is -0.349 e. The Balaban J connectivity index is 1.39. The van der Waals surface area contributed by atoms with Gasteiger partial charge in [0.05, 0.1) is 17.5 Å². The molecule has 1 unspecified atom stereocenters. The van der Waals surface area contributed by atoms with Gasteiger partial charge < -0.3 is 5.32 Å². The van der Waals surface area contributed by atoms with Crippen molar-refractivity contribution in [3.8, 4) is 0 Å². The molecule has 0 radical (unpaired) electrons. The van der Waals surface area contributed by atoms with Crippen molar-refractivity contribution in [1.82, 2.24) is 10.0 Å². The average Bonchev–Trinajstić information content (AvgIpc) is 3.08. The molecule has 3 aromatic carbocycles. The fraction of sp³-hybridized carbons (Fsp3) is 0.200. The van der Waals surface area contributed by atoms with Gasteiger partial charge in [-0.3, -0.25) is 14.5 Å². The van der Waals surface area contributed by atoms with Crippen molar-refractivity contribution in [3.63, 3.8) is 0 Å². The smallest absolute Gasteiger partial charge is 0.263 e. The summed E-state index contributed by atoms with van der Waals surface area (Å²) >= 11 is 0. The molecular weight excluding hydrogens is 422 g/mol. The van der Waals surface area contributed by atoms with Gasteiger partial charge >= 0.3 is 0 Å².